The van der Waals surface area contributed by atoms with E-state index in [0.717, 1.165) is 5.56 Å². The summed E-state index contributed by atoms with van der Waals surface area (Å²) in [5.74, 6) is -1.39. The largest absolute Gasteiger partial charge is 0.478 e. The van der Waals surface area contributed by atoms with Crippen molar-refractivity contribution in [1.29, 1.82) is 0 Å². The minimum Gasteiger partial charge on any atom is -0.478 e. The molecule has 0 bridgehead atoms. The molecule has 1 aromatic rings. The molecule has 6 heteroatoms. The van der Waals surface area contributed by atoms with Crippen LogP contribution >= 0.6 is 0 Å². The Hall–Kier alpha value is -2.08. The maximum Gasteiger partial charge on any atom is 0.337 e. The number of aromatic carboxylic acids is 1. The second-order valence-electron chi connectivity index (χ2n) is 3.66. The van der Waals surface area contributed by atoms with Gasteiger partial charge in [-0.3, -0.25) is 4.79 Å². The maximum atomic E-state index is 11.1. The molecule has 0 unspecified atom stereocenters. The SMILES string of the molecule is CC(=O)OCCNc1ccc(CN)cc1C(=O)O. The van der Waals surface area contributed by atoms with Crippen LogP contribution in [-0.4, -0.2) is 30.2 Å². The molecule has 0 aliphatic heterocycles. The highest BCUT2D eigenvalue weighted by Crippen LogP contribution is 2.17. The van der Waals surface area contributed by atoms with Gasteiger partial charge in [-0.05, 0) is 17.7 Å². The van der Waals surface area contributed by atoms with E-state index in [-0.39, 0.29) is 24.7 Å². The van der Waals surface area contributed by atoms with Crippen LogP contribution in [0.5, 0.6) is 0 Å². The number of anilines is 1. The number of carbonyl (C=O) groups excluding carboxylic acids is 1. The van der Waals surface area contributed by atoms with Gasteiger partial charge in [-0.2, -0.15) is 0 Å². The van der Waals surface area contributed by atoms with Crippen LogP contribution in [-0.2, 0) is 16.1 Å². The monoisotopic (exact) mass is 252 g/mol. The van der Waals surface area contributed by atoms with Gasteiger partial charge in [0.25, 0.3) is 0 Å². The molecule has 0 aromatic heterocycles. The summed E-state index contributed by atoms with van der Waals surface area (Å²) in [5.41, 5.74) is 6.83. The predicted octanol–water partition coefficient (Wildman–Crippen LogP) is 0.818. The van der Waals surface area contributed by atoms with Crippen molar-refractivity contribution in [2.45, 2.75) is 13.5 Å². The summed E-state index contributed by atoms with van der Waals surface area (Å²) in [4.78, 5) is 21.6. The zero-order chi connectivity index (χ0) is 13.5. The quantitative estimate of drug-likeness (QED) is 0.511. The number of hydrogen-bond acceptors (Lipinski definition) is 5. The highest BCUT2D eigenvalue weighted by Gasteiger charge is 2.10. The third kappa shape index (κ3) is 4.06. The van der Waals surface area contributed by atoms with Crippen molar-refractivity contribution in [2.24, 2.45) is 5.73 Å². The van der Waals surface area contributed by atoms with Gasteiger partial charge in [0.05, 0.1) is 5.56 Å². The second-order valence-corrected chi connectivity index (χ2v) is 3.66. The third-order valence-electron chi connectivity index (χ3n) is 2.27. The van der Waals surface area contributed by atoms with Crippen molar-refractivity contribution in [3.05, 3.63) is 29.3 Å². The Morgan fingerprint density at radius 2 is 2.17 bits per heavy atom. The molecule has 0 heterocycles. The normalized spacial score (nSPS) is 9.89. The zero-order valence-electron chi connectivity index (χ0n) is 10.1. The van der Waals surface area contributed by atoms with Gasteiger partial charge in [-0.25, -0.2) is 4.79 Å². The van der Waals surface area contributed by atoms with E-state index in [9.17, 15) is 9.59 Å². The molecule has 0 radical (unpaired) electrons. The average molecular weight is 252 g/mol. The zero-order valence-corrected chi connectivity index (χ0v) is 10.1. The molecule has 0 amide bonds. The van der Waals surface area contributed by atoms with E-state index in [1.807, 2.05) is 0 Å². The highest BCUT2D eigenvalue weighted by molar-refractivity contribution is 5.94. The number of carboxylic acids is 1. The van der Waals surface area contributed by atoms with Crippen LogP contribution < -0.4 is 11.1 Å². The van der Waals surface area contributed by atoms with Crippen LogP contribution in [0.2, 0.25) is 0 Å². The molecular weight excluding hydrogens is 236 g/mol. The lowest BCUT2D eigenvalue weighted by Gasteiger charge is -2.10. The van der Waals surface area contributed by atoms with E-state index in [4.69, 9.17) is 15.6 Å². The molecular formula is C12H16N2O4. The molecule has 6 nitrogen and oxygen atoms in total. The van der Waals surface area contributed by atoms with Crippen LogP contribution in [0, 0.1) is 0 Å². The van der Waals surface area contributed by atoms with Crippen molar-refractivity contribution in [3.63, 3.8) is 0 Å². The second kappa shape index (κ2) is 6.61. The first kappa shape index (κ1) is 14.0. The van der Waals surface area contributed by atoms with Crippen molar-refractivity contribution >= 4 is 17.6 Å². The van der Waals surface area contributed by atoms with Crippen molar-refractivity contribution in [2.75, 3.05) is 18.5 Å². The van der Waals surface area contributed by atoms with E-state index in [1.54, 1.807) is 12.1 Å². The number of esters is 1. The summed E-state index contributed by atoms with van der Waals surface area (Å²) in [7, 11) is 0. The number of carboxylic acid groups (broad SMARTS) is 1. The van der Waals surface area contributed by atoms with Gasteiger partial charge in [-0.15, -0.1) is 0 Å². The Morgan fingerprint density at radius 1 is 1.44 bits per heavy atom. The van der Waals surface area contributed by atoms with E-state index in [2.05, 4.69) is 5.32 Å². The van der Waals surface area contributed by atoms with Crippen LogP contribution in [0.3, 0.4) is 0 Å². The van der Waals surface area contributed by atoms with Crippen LogP contribution in [0.15, 0.2) is 18.2 Å². The Labute approximate surface area is 105 Å². The van der Waals surface area contributed by atoms with Crippen molar-refractivity contribution < 1.29 is 19.4 Å². The number of nitrogens with one attached hydrogen (secondary N) is 1. The lowest BCUT2D eigenvalue weighted by molar-refractivity contribution is -0.140. The fourth-order valence-corrected chi connectivity index (χ4v) is 1.43. The lowest BCUT2D eigenvalue weighted by Crippen LogP contribution is -2.14. The summed E-state index contributed by atoms with van der Waals surface area (Å²) < 4.78 is 4.74. The van der Waals surface area contributed by atoms with Gasteiger partial charge in [0.2, 0.25) is 0 Å². The highest BCUT2D eigenvalue weighted by atomic mass is 16.5. The first-order valence-corrected chi connectivity index (χ1v) is 5.48. The predicted molar refractivity (Wildman–Crippen MR) is 66.4 cm³/mol. The van der Waals surface area contributed by atoms with Gasteiger partial charge in [0.1, 0.15) is 6.61 Å². The molecule has 0 saturated carbocycles. The fraction of sp³-hybridized carbons (Fsp3) is 0.333. The van der Waals surface area contributed by atoms with Crippen molar-refractivity contribution in [1.82, 2.24) is 0 Å². The average Bonchev–Trinajstić information content (AvgIpc) is 2.34. The van der Waals surface area contributed by atoms with Crippen LogP contribution in [0.1, 0.15) is 22.8 Å². The summed E-state index contributed by atoms with van der Waals surface area (Å²) in [6.45, 7) is 2.14. The Balaban J connectivity index is 2.69. The van der Waals surface area contributed by atoms with E-state index in [0.29, 0.717) is 12.2 Å². The number of carbonyl (C=O) groups is 2. The summed E-state index contributed by atoms with van der Waals surface area (Å²) in [6.07, 6.45) is 0. The smallest absolute Gasteiger partial charge is 0.337 e. The topological polar surface area (TPSA) is 102 Å². The molecule has 0 aliphatic carbocycles. The van der Waals surface area contributed by atoms with E-state index < -0.39 is 5.97 Å². The minimum atomic E-state index is -1.03. The van der Waals surface area contributed by atoms with Gasteiger partial charge < -0.3 is 20.9 Å². The molecule has 0 aliphatic rings. The van der Waals surface area contributed by atoms with Gasteiger partial charge in [0, 0.05) is 25.7 Å². The Kier molecular flexibility index (Phi) is 5.13. The van der Waals surface area contributed by atoms with Crippen LogP contribution in [0.25, 0.3) is 0 Å². The Morgan fingerprint density at radius 3 is 2.72 bits per heavy atom. The van der Waals surface area contributed by atoms with E-state index >= 15 is 0 Å². The number of rotatable bonds is 6. The fourth-order valence-electron chi connectivity index (χ4n) is 1.43. The molecule has 0 atom stereocenters. The number of ether oxygens (including phenoxy) is 1. The summed E-state index contributed by atoms with van der Waals surface area (Å²) >= 11 is 0. The lowest BCUT2D eigenvalue weighted by atomic mass is 10.1. The molecule has 0 spiro atoms. The Bertz CT molecular complexity index is 446. The molecule has 1 rings (SSSR count). The van der Waals surface area contributed by atoms with Crippen LogP contribution in [0.4, 0.5) is 5.69 Å². The molecule has 1 aromatic carbocycles. The van der Waals surface area contributed by atoms with Gasteiger partial charge >= 0.3 is 11.9 Å². The molecule has 0 saturated heterocycles. The maximum absolute atomic E-state index is 11.1. The number of nitrogens with two attached hydrogens (primary N) is 1. The summed E-state index contributed by atoms with van der Waals surface area (Å²) in [6, 6.07) is 4.93. The standard InChI is InChI=1S/C12H16N2O4/c1-8(15)18-5-4-14-11-3-2-9(7-13)6-10(11)12(16)17/h2-3,6,14H,4-5,7,13H2,1H3,(H,16,17). The third-order valence-corrected chi connectivity index (χ3v) is 2.27. The first-order valence-electron chi connectivity index (χ1n) is 5.48. The molecule has 18 heavy (non-hydrogen) atoms. The minimum absolute atomic E-state index is 0.153. The molecule has 0 fully saturated rings. The first-order chi connectivity index (χ1) is 8.54. The van der Waals surface area contributed by atoms with Gasteiger partial charge in [0.15, 0.2) is 0 Å². The summed E-state index contributed by atoms with van der Waals surface area (Å²) in [5, 5.41) is 12.0. The van der Waals surface area contributed by atoms with Crippen molar-refractivity contribution in [3.8, 4) is 0 Å². The molecule has 98 valence electrons. The molecule has 4 N–H and O–H groups in total. The van der Waals surface area contributed by atoms with E-state index in [1.165, 1.54) is 13.0 Å². The van der Waals surface area contributed by atoms with Gasteiger partial charge in [-0.1, -0.05) is 6.07 Å². The number of benzene rings is 1. The number of hydrogen-bond donors (Lipinski definition) is 3.